The van der Waals surface area contributed by atoms with E-state index in [1.165, 1.54) is 10.4 Å². The molecule has 108 valence electrons. The van der Waals surface area contributed by atoms with Gasteiger partial charge in [0, 0.05) is 23.9 Å². The smallest absolute Gasteiger partial charge is 0.230 e. The Bertz CT molecular complexity index is 522. The second kappa shape index (κ2) is 5.82. The summed E-state index contributed by atoms with van der Waals surface area (Å²) in [4.78, 5) is 16.8. The lowest BCUT2D eigenvalue weighted by molar-refractivity contribution is -0.133. The molecule has 0 bridgehead atoms. The number of carbonyl (C=O) groups excluding carboxylic acids is 1. The first-order chi connectivity index (χ1) is 9.66. The molecule has 2 aliphatic carbocycles. The average molecular weight is 308 g/mol. The van der Waals surface area contributed by atoms with Gasteiger partial charge in [0.2, 0.25) is 5.91 Å². The van der Waals surface area contributed by atoms with Crippen molar-refractivity contribution in [3.05, 3.63) is 21.9 Å². The van der Waals surface area contributed by atoms with Gasteiger partial charge in [-0.2, -0.15) is 0 Å². The first kappa shape index (κ1) is 14.0. The summed E-state index contributed by atoms with van der Waals surface area (Å²) in [5.74, 6) is 0.361. The number of rotatable bonds is 5. The zero-order valence-electron chi connectivity index (χ0n) is 11.5. The highest BCUT2D eigenvalue weighted by molar-refractivity contribution is 7.80. The molecule has 2 aliphatic rings. The summed E-state index contributed by atoms with van der Waals surface area (Å²) >= 11 is 6.74. The van der Waals surface area contributed by atoms with Gasteiger partial charge in [-0.3, -0.25) is 4.79 Å². The van der Waals surface area contributed by atoms with Crippen LogP contribution in [-0.2, 0) is 11.2 Å². The van der Waals surface area contributed by atoms with Crippen molar-refractivity contribution in [3.8, 4) is 0 Å². The van der Waals surface area contributed by atoms with E-state index < -0.39 is 0 Å². The van der Waals surface area contributed by atoms with E-state index in [2.05, 4.69) is 11.4 Å². The number of nitrogens with two attached hydrogens (primary N) is 1. The van der Waals surface area contributed by atoms with Gasteiger partial charge in [-0.15, -0.1) is 11.3 Å². The number of amides is 1. The minimum Gasteiger partial charge on any atom is -0.393 e. The summed E-state index contributed by atoms with van der Waals surface area (Å²) in [6.07, 6.45) is 6.14. The van der Waals surface area contributed by atoms with Crippen LogP contribution in [0.1, 0.15) is 48.5 Å². The van der Waals surface area contributed by atoms with Crippen LogP contribution in [0.4, 0.5) is 0 Å². The van der Waals surface area contributed by atoms with E-state index in [-0.39, 0.29) is 5.92 Å². The third-order valence-corrected chi connectivity index (χ3v) is 5.42. The molecule has 0 saturated heterocycles. The van der Waals surface area contributed by atoms with E-state index in [1.54, 1.807) is 11.3 Å². The number of hydrogen-bond donors (Lipinski definition) is 1. The summed E-state index contributed by atoms with van der Waals surface area (Å²) in [7, 11) is 0. The Hall–Kier alpha value is -0.940. The Morgan fingerprint density at radius 3 is 2.95 bits per heavy atom. The lowest BCUT2D eigenvalue weighted by atomic mass is 9.86. The highest BCUT2D eigenvalue weighted by atomic mass is 32.1. The molecule has 1 amide bonds. The molecule has 20 heavy (non-hydrogen) atoms. The molecule has 0 aliphatic heterocycles. The van der Waals surface area contributed by atoms with E-state index in [0.717, 1.165) is 32.1 Å². The van der Waals surface area contributed by atoms with Gasteiger partial charge in [0.25, 0.3) is 0 Å². The molecule has 1 unspecified atom stereocenters. The summed E-state index contributed by atoms with van der Waals surface area (Å²) in [6, 6.07) is 2.57. The molecular weight excluding hydrogens is 288 g/mol. The fraction of sp³-hybridized carbons (Fsp3) is 0.600. The van der Waals surface area contributed by atoms with E-state index in [9.17, 15) is 4.79 Å². The van der Waals surface area contributed by atoms with E-state index in [4.69, 9.17) is 18.0 Å². The Kier molecular flexibility index (Phi) is 4.08. The third-order valence-electron chi connectivity index (χ3n) is 4.22. The van der Waals surface area contributed by atoms with Gasteiger partial charge in [-0.25, -0.2) is 0 Å². The van der Waals surface area contributed by atoms with Crippen molar-refractivity contribution in [3.63, 3.8) is 0 Å². The number of fused-ring (bicyclic) bond motifs is 1. The lowest BCUT2D eigenvalue weighted by Gasteiger charge is -2.29. The van der Waals surface area contributed by atoms with E-state index in [1.807, 2.05) is 4.90 Å². The Balaban J connectivity index is 1.75. The fourth-order valence-corrected chi connectivity index (χ4v) is 4.11. The second-order valence-corrected chi connectivity index (χ2v) is 7.25. The first-order valence-electron chi connectivity index (χ1n) is 7.32. The first-order valence-corrected chi connectivity index (χ1v) is 8.60. The number of thiocarbonyl (C=S) groups is 1. The summed E-state index contributed by atoms with van der Waals surface area (Å²) in [5, 5.41) is 2.12. The molecule has 1 fully saturated rings. The molecule has 0 spiro atoms. The minimum atomic E-state index is 0.0666. The number of carbonyl (C=O) groups is 1. The van der Waals surface area contributed by atoms with Crippen molar-refractivity contribution in [2.75, 3.05) is 6.54 Å². The zero-order valence-corrected chi connectivity index (χ0v) is 13.1. The van der Waals surface area contributed by atoms with Crippen molar-refractivity contribution in [2.24, 2.45) is 5.73 Å². The maximum absolute atomic E-state index is 12.9. The van der Waals surface area contributed by atoms with Crippen LogP contribution >= 0.6 is 23.6 Å². The third kappa shape index (κ3) is 2.88. The molecule has 0 aromatic carbocycles. The highest BCUT2D eigenvalue weighted by Crippen LogP contribution is 2.38. The number of nitrogens with zero attached hydrogens (tertiary/aromatic N) is 1. The van der Waals surface area contributed by atoms with Gasteiger partial charge in [-0.1, -0.05) is 12.2 Å². The standard InChI is InChI=1S/C15H20N2OS2/c16-14(19)6-8-17(10-4-5-10)15(18)12-2-1-3-13-11(12)7-9-20-13/h7,9-10,12H,1-6,8H2,(H2,16,19). The fourth-order valence-electron chi connectivity index (χ4n) is 3.03. The number of hydrogen-bond acceptors (Lipinski definition) is 3. The quantitative estimate of drug-likeness (QED) is 0.851. The molecular formula is C15H20N2OS2. The van der Waals surface area contributed by atoms with Gasteiger partial charge < -0.3 is 10.6 Å². The highest BCUT2D eigenvalue weighted by Gasteiger charge is 2.37. The van der Waals surface area contributed by atoms with Crippen LogP contribution in [0.25, 0.3) is 0 Å². The molecule has 5 heteroatoms. The molecule has 1 aromatic heterocycles. The summed E-state index contributed by atoms with van der Waals surface area (Å²) < 4.78 is 0. The van der Waals surface area contributed by atoms with Crippen molar-refractivity contribution in [2.45, 2.75) is 50.5 Å². The molecule has 1 atom stereocenters. The largest absolute Gasteiger partial charge is 0.393 e. The van der Waals surface area contributed by atoms with Crippen LogP contribution in [0, 0.1) is 0 Å². The molecule has 1 saturated carbocycles. The van der Waals surface area contributed by atoms with Crippen LogP contribution in [0.3, 0.4) is 0 Å². The predicted molar refractivity (Wildman–Crippen MR) is 86.1 cm³/mol. The Morgan fingerprint density at radius 1 is 1.45 bits per heavy atom. The normalized spacial score (nSPS) is 21.3. The maximum Gasteiger partial charge on any atom is 0.230 e. The van der Waals surface area contributed by atoms with Gasteiger partial charge >= 0.3 is 0 Å². The topological polar surface area (TPSA) is 46.3 Å². The lowest BCUT2D eigenvalue weighted by Crippen LogP contribution is -2.39. The molecule has 2 N–H and O–H groups in total. The van der Waals surface area contributed by atoms with Gasteiger partial charge in [-0.05, 0) is 49.1 Å². The predicted octanol–water partition coefficient (Wildman–Crippen LogP) is 2.84. The van der Waals surface area contributed by atoms with Crippen molar-refractivity contribution in [1.29, 1.82) is 0 Å². The van der Waals surface area contributed by atoms with E-state index >= 15 is 0 Å². The molecule has 3 rings (SSSR count). The van der Waals surface area contributed by atoms with Gasteiger partial charge in [0.1, 0.15) is 0 Å². The molecule has 0 radical (unpaired) electrons. The second-order valence-electron chi connectivity index (χ2n) is 5.72. The van der Waals surface area contributed by atoms with Crippen LogP contribution in [-0.4, -0.2) is 28.4 Å². The van der Waals surface area contributed by atoms with E-state index in [0.29, 0.717) is 29.9 Å². The van der Waals surface area contributed by atoms with Crippen LogP contribution in [0.5, 0.6) is 0 Å². The zero-order chi connectivity index (χ0) is 14.1. The Labute approximate surface area is 129 Å². The van der Waals surface area contributed by atoms with Crippen LogP contribution in [0.15, 0.2) is 11.4 Å². The van der Waals surface area contributed by atoms with Crippen molar-refractivity contribution < 1.29 is 4.79 Å². The molecule has 1 heterocycles. The summed E-state index contributed by atoms with van der Waals surface area (Å²) in [5.41, 5.74) is 6.87. The van der Waals surface area contributed by atoms with Gasteiger partial charge in [0.05, 0.1) is 10.9 Å². The SMILES string of the molecule is NC(=S)CCN(C(=O)C1CCCc2sccc21)C1CC1. The molecule has 1 aromatic rings. The van der Waals surface area contributed by atoms with Crippen molar-refractivity contribution in [1.82, 2.24) is 4.90 Å². The van der Waals surface area contributed by atoms with Crippen LogP contribution in [0.2, 0.25) is 0 Å². The number of thiophene rings is 1. The van der Waals surface area contributed by atoms with Crippen LogP contribution < -0.4 is 5.73 Å². The number of aryl methyl sites for hydroxylation is 1. The summed E-state index contributed by atoms with van der Waals surface area (Å²) in [6.45, 7) is 0.689. The monoisotopic (exact) mass is 308 g/mol. The van der Waals surface area contributed by atoms with Crippen molar-refractivity contribution >= 4 is 34.5 Å². The van der Waals surface area contributed by atoms with Gasteiger partial charge in [0.15, 0.2) is 0 Å². The Morgan fingerprint density at radius 2 is 2.25 bits per heavy atom. The minimum absolute atomic E-state index is 0.0666. The maximum atomic E-state index is 12.9. The average Bonchev–Trinajstić information content (AvgIpc) is 3.14. The molecule has 3 nitrogen and oxygen atoms in total.